The molecule has 1 unspecified atom stereocenters. The minimum atomic E-state index is -0.0474. The third-order valence-corrected chi connectivity index (χ3v) is 4.55. The van der Waals surface area contributed by atoms with Gasteiger partial charge in [-0.25, -0.2) is 0 Å². The summed E-state index contributed by atoms with van der Waals surface area (Å²) in [7, 11) is 0. The van der Waals surface area contributed by atoms with Crippen LogP contribution >= 0.6 is 11.8 Å². The third kappa shape index (κ3) is 4.88. The molecule has 1 aliphatic heterocycles. The molecule has 1 fully saturated rings. The molecule has 1 aromatic rings. The Morgan fingerprint density at radius 3 is 2.68 bits per heavy atom. The van der Waals surface area contributed by atoms with Crippen molar-refractivity contribution in [2.75, 3.05) is 11.5 Å². The molecule has 104 valence electrons. The molecule has 3 nitrogen and oxygen atoms in total. The van der Waals surface area contributed by atoms with Gasteiger partial charge in [0.25, 0.3) is 0 Å². The number of nitrogens with two attached hydrogens (primary N) is 1. The highest BCUT2D eigenvalue weighted by molar-refractivity contribution is 7.99. The van der Waals surface area contributed by atoms with Gasteiger partial charge in [-0.2, -0.15) is 11.8 Å². The fraction of sp³-hybridized carbons (Fsp3) is 0.533. The first-order valence-electron chi connectivity index (χ1n) is 6.93. The zero-order chi connectivity index (χ0) is 13.5. The molecule has 2 rings (SSSR count). The maximum absolute atomic E-state index is 11.9. The average molecular weight is 278 g/mol. The Bertz CT molecular complexity index is 390. The largest absolute Gasteiger partial charge is 0.353 e. The number of hydrogen-bond donors (Lipinski definition) is 2. The van der Waals surface area contributed by atoms with Crippen LogP contribution in [0.1, 0.15) is 37.3 Å². The standard InChI is InChI=1S/C15H22N2OS/c16-14(12-4-2-1-3-5-12)6-7-15(18)17-13-8-10-19-11-9-13/h1-5,13-14H,6-11,16H2,(H,17,18). The fourth-order valence-electron chi connectivity index (χ4n) is 2.30. The number of nitrogens with one attached hydrogen (secondary N) is 1. The Hall–Kier alpha value is -1.00. The van der Waals surface area contributed by atoms with Gasteiger partial charge >= 0.3 is 0 Å². The third-order valence-electron chi connectivity index (χ3n) is 3.50. The second kappa shape index (κ2) is 7.56. The van der Waals surface area contributed by atoms with Crippen LogP contribution < -0.4 is 11.1 Å². The molecule has 0 radical (unpaired) electrons. The first kappa shape index (κ1) is 14.4. The van der Waals surface area contributed by atoms with E-state index in [1.165, 1.54) is 0 Å². The summed E-state index contributed by atoms with van der Waals surface area (Å²) < 4.78 is 0. The lowest BCUT2D eigenvalue weighted by Crippen LogP contribution is -2.37. The second-order valence-corrected chi connectivity index (χ2v) is 6.23. The number of rotatable bonds is 5. The molecular weight excluding hydrogens is 256 g/mol. The van der Waals surface area contributed by atoms with Crippen molar-refractivity contribution in [3.8, 4) is 0 Å². The number of thioether (sulfide) groups is 1. The number of carbonyl (C=O) groups excluding carboxylic acids is 1. The van der Waals surface area contributed by atoms with Crippen molar-refractivity contribution >= 4 is 17.7 Å². The molecule has 1 heterocycles. The van der Waals surface area contributed by atoms with Crippen molar-refractivity contribution in [2.24, 2.45) is 5.73 Å². The van der Waals surface area contributed by atoms with E-state index in [-0.39, 0.29) is 11.9 Å². The Morgan fingerprint density at radius 2 is 2.00 bits per heavy atom. The number of carbonyl (C=O) groups is 1. The van der Waals surface area contributed by atoms with Gasteiger partial charge in [0, 0.05) is 18.5 Å². The van der Waals surface area contributed by atoms with E-state index in [0.29, 0.717) is 18.9 Å². The molecule has 19 heavy (non-hydrogen) atoms. The number of amides is 1. The van der Waals surface area contributed by atoms with E-state index in [1.54, 1.807) is 0 Å². The van der Waals surface area contributed by atoms with E-state index in [0.717, 1.165) is 29.9 Å². The summed E-state index contributed by atoms with van der Waals surface area (Å²) in [6.07, 6.45) is 3.42. The van der Waals surface area contributed by atoms with Gasteiger partial charge in [-0.15, -0.1) is 0 Å². The van der Waals surface area contributed by atoms with E-state index in [9.17, 15) is 4.79 Å². The summed E-state index contributed by atoms with van der Waals surface area (Å²) in [4.78, 5) is 11.9. The summed E-state index contributed by atoms with van der Waals surface area (Å²) in [6, 6.07) is 10.3. The molecule has 0 aromatic heterocycles. The van der Waals surface area contributed by atoms with Crippen molar-refractivity contribution in [2.45, 2.75) is 37.8 Å². The molecule has 1 aliphatic rings. The van der Waals surface area contributed by atoms with Gasteiger partial charge in [0.05, 0.1) is 0 Å². The highest BCUT2D eigenvalue weighted by atomic mass is 32.2. The molecule has 1 atom stereocenters. The lowest BCUT2D eigenvalue weighted by atomic mass is 10.0. The Labute approximate surface area is 119 Å². The van der Waals surface area contributed by atoms with Crippen molar-refractivity contribution in [1.82, 2.24) is 5.32 Å². The maximum atomic E-state index is 11.9. The van der Waals surface area contributed by atoms with E-state index in [4.69, 9.17) is 5.73 Å². The minimum Gasteiger partial charge on any atom is -0.353 e. The van der Waals surface area contributed by atoms with Crippen molar-refractivity contribution in [3.05, 3.63) is 35.9 Å². The van der Waals surface area contributed by atoms with Gasteiger partial charge in [-0.3, -0.25) is 4.79 Å². The van der Waals surface area contributed by atoms with Gasteiger partial charge in [-0.1, -0.05) is 30.3 Å². The normalized spacial score (nSPS) is 17.9. The molecule has 4 heteroatoms. The zero-order valence-corrected chi connectivity index (χ0v) is 12.0. The van der Waals surface area contributed by atoms with Crippen LogP contribution in [0.25, 0.3) is 0 Å². The van der Waals surface area contributed by atoms with Gasteiger partial charge in [0.15, 0.2) is 0 Å². The summed E-state index contributed by atoms with van der Waals surface area (Å²) in [5.41, 5.74) is 7.19. The molecule has 1 aromatic carbocycles. The number of benzene rings is 1. The zero-order valence-electron chi connectivity index (χ0n) is 11.2. The monoisotopic (exact) mass is 278 g/mol. The van der Waals surface area contributed by atoms with Crippen LogP contribution in [-0.4, -0.2) is 23.5 Å². The van der Waals surface area contributed by atoms with Crippen molar-refractivity contribution < 1.29 is 4.79 Å². The number of hydrogen-bond acceptors (Lipinski definition) is 3. The fourth-order valence-corrected chi connectivity index (χ4v) is 3.40. The van der Waals surface area contributed by atoms with Crippen LogP contribution in [0.2, 0.25) is 0 Å². The summed E-state index contributed by atoms with van der Waals surface area (Å²) in [5.74, 6) is 2.46. The van der Waals surface area contributed by atoms with Gasteiger partial charge in [-0.05, 0) is 36.3 Å². The van der Waals surface area contributed by atoms with E-state index >= 15 is 0 Å². The predicted octanol–water partition coefficient (Wildman–Crippen LogP) is 2.48. The molecule has 0 saturated carbocycles. The Balaban J connectivity index is 1.71. The molecule has 3 N–H and O–H groups in total. The van der Waals surface area contributed by atoms with Gasteiger partial charge in [0.1, 0.15) is 0 Å². The lowest BCUT2D eigenvalue weighted by molar-refractivity contribution is -0.122. The summed E-state index contributed by atoms with van der Waals surface area (Å²) in [6.45, 7) is 0. The molecule has 0 spiro atoms. The first-order chi connectivity index (χ1) is 9.25. The van der Waals surface area contributed by atoms with E-state index in [1.807, 2.05) is 42.1 Å². The van der Waals surface area contributed by atoms with E-state index < -0.39 is 0 Å². The smallest absolute Gasteiger partial charge is 0.220 e. The topological polar surface area (TPSA) is 55.1 Å². The SMILES string of the molecule is NC(CCC(=O)NC1CCSCC1)c1ccccc1. The van der Waals surface area contributed by atoms with E-state index in [2.05, 4.69) is 5.32 Å². The quantitative estimate of drug-likeness (QED) is 0.870. The predicted molar refractivity (Wildman–Crippen MR) is 81.1 cm³/mol. The van der Waals surface area contributed by atoms with Gasteiger partial charge in [0.2, 0.25) is 5.91 Å². The lowest BCUT2D eigenvalue weighted by Gasteiger charge is -2.22. The van der Waals surface area contributed by atoms with Crippen LogP contribution in [0, 0.1) is 0 Å². The highest BCUT2D eigenvalue weighted by Gasteiger charge is 2.16. The summed E-state index contributed by atoms with van der Waals surface area (Å²) >= 11 is 1.97. The highest BCUT2D eigenvalue weighted by Crippen LogP contribution is 2.18. The maximum Gasteiger partial charge on any atom is 0.220 e. The van der Waals surface area contributed by atoms with Crippen LogP contribution in [0.5, 0.6) is 0 Å². The van der Waals surface area contributed by atoms with Crippen LogP contribution in [-0.2, 0) is 4.79 Å². The minimum absolute atomic E-state index is 0.0474. The van der Waals surface area contributed by atoms with Crippen LogP contribution in [0.15, 0.2) is 30.3 Å². The molecule has 0 bridgehead atoms. The molecule has 1 saturated heterocycles. The average Bonchev–Trinajstić information content (AvgIpc) is 2.47. The van der Waals surface area contributed by atoms with Crippen molar-refractivity contribution in [1.29, 1.82) is 0 Å². The second-order valence-electron chi connectivity index (χ2n) is 5.01. The molecule has 0 aliphatic carbocycles. The molecule has 1 amide bonds. The first-order valence-corrected chi connectivity index (χ1v) is 8.09. The molecular formula is C15H22N2OS. The van der Waals surface area contributed by atoms with Crippen LogP contribution in [0.4, 0.5) is 0 Å². The summed E-state index contributed by atoms with van der Waals surface area (Å²) in [5, 5.41) is 3.12. The Kier molecular flexibility index (Phi) is 5.73. The van der Waals surface area contributed by atoms with Crippen LogP contribution in [0.3, 0.4) is 0 Å². The van der Waals surface area contributed by atoms with Gasteiger partial charge < -0.3 is 11.1 Å². The Morgan fingerprint density at radius 1 is 1.32 bits per heavy atom. The van der Waals surface area contributed by atoms with Crippen molar-refractivity contribution in [3.63, 3.8) is 0 Å².